The van der Waals surface area contributed by atoms with Gasteiger partial charge in [-0.05, 0) is 30.7 Å². The normalized spacial score (nSPS) is 10.5. The molecule has 0 aliphatic carbocycles. The fourth-order valence-corrected chi connectivity index (χ4v) is 1.45. The molecule has 0 radical (unpaired) electrons. The standard InChI is InChI=1S/C10H10ClN3O/c1-3-15-7(2)8-4-5-9-12-10(11)13-14(9)6-8/h4-6H,2-3H2,1H3. The van der Waals surface area contributed by atoms with Crippen molar-refractivity contribution in [2.75, 3.05) is 6.61 Å². The molecule has 0 atom stereocenters. The highest BCUT2D eigenvalue weighted by Crippen LogP contribution is 2.15. The highest BCUT2D eigenvalue weighted by Gasteiger charge is 2.04. The zero-order valence-corrected chi connectivity index (χ0v) is 9.03. The molecule has 2 aromatic rings. The third-order valence-corrected chi connectivity index (χ3v) is 2.11. The van der Waals surface area contributed by atoms with Gasteiger partial charge in [0.25, 0.3) is 0 Å². The molecule has 0 saturated carbocycles. The van der Waals surface area contributed by atoms with Crippen LogP contribution < -0.4 is 0 Å². The minimum absolute atomic E-state index is 0.231. The average molecular weight is 224 g/mol. The van der Waals surface area contributed by atoms with Gasteiger partial charge in [0.2, 0.25) is 5.28 Å². The van der Waals surface area contributed by atoms with E-state index in [4.69, 9.17) is 16.3 Å². The number of ether oxygens (including phenoxy) is 1. The molecule has 78 valence electrons. The topological polar surface area (TPSA) is 39.4 Å². The Morgan fingerprint density at radius 3 is 3.13 bits per heavy atom. The van der Waals surface area contributed by atoms with E-state index < -0.39 is 0 Å². The van der Waals surface area contributed by atoms with Crippen LogP contribution >= 0.6 is 11.6 Å². The van der Waals surface area contributed by atoms with E-state index in [0.29, 0.717) is 18.0 Å². The number of aromatic nitrogens is 3. The highest BCUT2D eigenvalue weighted by atomic mass is 35.5. The number of nitrogens with zero attached hydrogens (tertiary/aromatic N) is 3. The fourth-order valence-electron chi connectivity index (χ4n) is 1.28. The Kier molecular flexibility index (Phi) is 2.60. The summed E-state index contributed by atoms with van der Waals surface area (Å²) < 4.78 is 6.89. The predicted octanol–water partition coefficient (Wildman–Crippen LogP) is 2.39. The maximum Gasteiger partial charge on any atom is 0.243 e. The first-order chi connectivity index (χ1) is 7.20. The third kappa shape index (κ3) is 1.94. The molecule has 0 saturated heterocycles. The first kappa shape index (κ1) is 9.98. The minimum atomic E-state index is 0.231. The molecule has 2 aromatic heterocycles. The first-order valence-electron chi connectivity index (χ1n) is 4.54. The van der Waals surface area contributed by atoms with Crippen LogP contribution in [0.2, 0.25) is 5.28 Å². The average Bonchev–Trinajstić information content (AvgIpc) is 2.57. The summed E-state index contributed by atoms with van der Waals surface area (Å²) in [6.07, 6.45) is 1.78. The Bertz CT molecular complexity index is 506. The van der Waals surface area contributed by atoms with Gasteiger partial charge in [0, 0.05) is 11.8 Å². The van der Waals surface area contributed by atoms with E-state index in [9.17, 15) is 0 Å². The van der Waals surface area contributed by atoms with Gasteiger partial charge in [-0.15, -0.1) is 5.10 Å². The smallest absolute Gasteiger partial charge is 0.243 e. The van der Waals surface area contributed by atoms with E-state index >= 15 is 0 Å². The molecule has 0 aliphatic rings. The molecule has 0 unspecified atom stereocenters. The molecular formula is C10H10ClN3O. The second-order valence-corrected chi connectivity index (χ2v) is 3.30. The summed E-state index contributed by atoms with van der Waals surface area (Å²) in [7, 11) is 0. The predicted molar refractivity (Wildman–Crippen MR) is 58.7 cm³/mol. The van der Waals surface area contributed by atoms with E-state index in [0.717, 1.165) is 5.56 Å². The van der Waals surface area contributed by atoms with Crippen molar-refractivity contribution in [2.45, 2.75) is 6.92 Å². The quantitative estimate of drug-likeness (QED) is 0.750. The number of pyridine rings is 1. The van der Waals surface area contributed by atoms with E-state index in [2.05, 4.69) is 16.7 Å². The van der Waals surface area contributed by atoms with Gasteiger partial charge in [0.1, 0.15) is 5.76 Å². The summed E-state index contributed by atoms with van der Waals surface area (Å²) in [5.74, 6) is 0.617. The van der Waals surface area contributed by atoms with Crippen LogP contribution in [0.5, 0.6) is 0 Å². The lowest BCUT2D eigenvalue weighted by Crippen LogP contribution is -1.94. The van der Waals surface area contributed by atoms with E-state index in [1.807, 2.05) is 19.1 Å². The molecule has 0 amide bonds. The SMILES string of the molecule is C=C(OCC)c1ccc2nc(Cl)nn2c1. The molecule has 0 aromatic carbocycles. The maximum absolute atomic E-state index is 5.68. The summed E-state index contributed by atoms with van der Waals surface area (Å²) in [5.41, 5.74) is 1.57. The van der Waals surface area contributed by atoms with Crippen molar-refractivity contribution in [3.63, 3.8) is 0 Å². The largest absolute Gasteiger partial charge is 0.494 e. The lowest BCUT2D eigenvalue weighted by atomic mass is 10.2. The van der Waals surface area contributed by atoms with Gasteiger partial charge in [0.15, 0.2) is 5.65 Å². The Morgan fingerprint density at radius 1 is 1.60 bits per heavy atom. The fraction of sp³-hybridized carbons (Fsp3) is 0.200. The molecule has 0 spiro atoms. The molecule has 0 fully saturated rings. The van der Waals surface area contributed by atoms with E-state index in [-0.39, 0.29) is 5.28 Å². The van der Waals surface area contributed by atoms with E-state index in [1.54, 1.807) is 10.7 Å². The number of hydrogen-bond acceptors (Lipinski definition) is 3. The Morgan fingerprint density at radius 2 is 2.40 bits per heavy atom. The van der Waals surface area contributed by atoms with Gasteiger partial charge in [-0.2, -0.15) is 4.98 Å². The van der Waals surface area contributed by atoms with Crippen LogP contribution in [0.1, 0.15) is 12.5 Å². The zero-order chi connectivity index (χ0) is 10.8. The lowest BCUT2D eigenvalue weighted by molar-refractivity contribution is 0.299. The van der Waals surface area contributed by atoms with Crippen LogP contribution in [0, 0.1) is 0 Å². The molecule has 5 heteroatoms. The van der Waals surface area contributed by atoms with Crippen molar-refractivity contribution in [2.24, 2.45) is 0 Å². The highest BCUT2D eigenvalue weighted by molar-refractivity contribution is 6.28. The van der Waals surface area contributed by atoms with Gasteiger partial charge < -0.3 is 4.74 Å². The van der Waals surface area contributed by atoms with Crippen LogP contribution in [0.3, 0.4) is 0 Å². The molecule has 4 nitrogen and oxygen atoms in total. The zero-order valence-electron chi connectivity index (χ0n) is 8.27. The van der Waals surface area contributed by atoms with Crippen LogP contribution in [-0.4, -0.2) is 21.2 Å². The first-order valence-corrected chi connectivity index (χ1v) is 4.92. The van der Waals surface area contributed by atoms with Gasteiger partial charge in [-0.3, -0.25) is 0 Å². The van der Waals surface area contributed by atoms with Crippen molar-refractivity contribution in [1.29, 1.82) is 0 Å². The van der Waals surface area contributed by atoms with Crippen LogP contribution in [0.4, 0.5) is 0 Å². The van der Waals surface area contributed by atoms with Crippen LogP contribution in [0.25, 0.3) is 11.4 Å². The Balaban J connectivity index is 2.41. The van der Waals surface area contributed by atoms with Gasteiger partial charge in [-0.1, -0.05) is 6.58 Å². The van der Waals surface area contributed by atoms with Crippen molar-refractivity contribution >= 4 is 23.0 Å². The number of halogens is 1. The summed E-state index contributed by atoms with van der Waals surface area (Å²) in [5, 5.41) is 4.22. The molecule has 2 heterocycles. The van der Waals surface area contributed by atoms with Crippen LogP contribution in [0.15, 0.2) is 24.9 Å². The van der Waals surface area contributed by atoms with Crippen molar-refractivity contribution < 1.29 is 4.74 Å². The summed E-state index contributed by atoms with van der Waals surface area (Å²) in [4.78, 5) is 4.01. The van der Waals surface area contributed by atoms with Gasteiger partial charge in [-0.25, -0.2) is 4.52 Å². The monoisotopic (exact) mass is 223 g/mol. The molecular weight excluding hydrogens is 214 g/mol. The lowest BCUT2D eigenvalue weighted by Gasteiger charge is -2.06. The van der Waals surface area contributed by atoms with Gasteiger partial charge in [0.05, 0.1) is 6.61 Å². The summed E-state index contributed by atoms with van der Waals surface area (Å²) in [6.45, 7) is 6.32. The van der Waals surface area contributed by atoms with Crippen LogP contribution in [-0.2, 0) is 4.74 Å². The summed E-state index contributed by atoms with van der Waals surface area (Å²) in [6, 6.07) is 3.69. The second kappa shape index (κ2) is 3.90. The number of fused-ring (bicyclic) bond motifs is 1. The minimum Gasteiger partial charge on any atom is -0.494 e. The number of hydrogen-bond donors (Lipinski definition) is 0. The van der Waals surface area contributed by atoms with Crippen molar-refractivity contribution in [3.8, 4) is 0 Å². The second-order valence-electron chi connectivity index (χ2n) is 2.96. The maximum atomic E-state index is 5.68. The number of rotatable bonds is 3. The molecule has 2 rings (SSSR count). The Hall–Kier alpha value is -1.55. The molecule has 0 N–H and O–H groups in total. The molecule has 15 heavy (non-hydrogen) atoms. The summed E-state index contributed by atoms with van der Waals surface area (Å²) >= 11 is 5.68. The Labute approximate surface area is 92.1 Å². The molecule has 0 bridgehead atoms. The molecule has 0 aliphatic heterocycles. The van der Waals surface area contributed by atoms with Crippen molar-refractivity contribution in [1.82, 2.24) is 14.6 Å². The van der Waals surface area contributed by atoms with Crippen molar-refractivity contribution in [3.05, 3.63) is 35.8 Å². The van der Waals surface area contributed by atoms with E-state index in [1.165, 1.54) is 0 Å². The van der Waals surface area contributed by atoms with Gasteiger partial charge >= 0.3 is 0 Å². The third-order valence-electron chi connectivity index (χ3n) is 1.95.